The molecule has 0 bridgehead atoms. The second-order valence-electron chi connectivity index (χ2n) is 5.92. The van der Waals surface area contributed by atoms with Gasteiger partial charge in [0.15, 0.2) is 0 Å². The molecule has 2 aromatic carbocycles. The minimum atomic E-state index is -0.747. The Morgan fingerprint density at radius 2 is 1.74 bits per heavy atom. The zero-order chi connectivity index (χ0) is 16.7. The summed E-state index contributed by atoms with van der Waals surface area (Å²) in [6.07, 6.45) is 0.943. The average Bonchev–Trinajstić information content (AvgIpc) is 2.52. The zero-order valence-electron chi connectivity index (χ0n) is 13.5. The molecule has 2 rings (SSSR count). The number of rotatable bonds is 7. The third-order valence-electron chi connectivity index (χ3n) is 3.56. The summed E-state index contributed by atoms with van der Waals surface area (Å²) >= 11 is 0. The van der Waals surface area contributed by atoms with Crippen LogP contribution in [0.15, 0.2) is 54.6 Å². The van der Waals surface area contributed by atoms with Crippen molar-refractivity contribution in [2.24, 2.45) is 0 Å². The van der Waals surface area contributed by atoms with Crippen molar-refractivity contribution in [3.63, 3.8) is 0 Å². The molecule has 0 atom stereocenters. The van der Waals surface area contributed by atoms with E-state index < -0.39 is 5.54 Å². The maximum atomic E-state index is 13.9. The molecule has 2 aromatic rings. The Morgan fingerprint density at radius 3 is 2.43 bits per heavy atom. The third-order valence-corrected chi connectivity index (χ3v) is 3.56. The quantitative estimate of drug-likeness (QED) is 0.783. The minimum Gasteiger partial charge on any atom is -0.494 e. The van der Waals surface area contributed by atoms with E-state index in [1.807, 2.05) is 30.3 Å². The summed E-state index contributed by atoms with van der Waals surface area (Å²) in [5.41, 5.74) is -0.267. The number of nitrogens with one attached hydrogen (secondary N) is 1. The van der Waals surface area contributed by atoms with E-state index in [1.54, 1.807) is 32.0 Å². The summed E-state index contributed by atoms with van der Waals surface area (Å²) in [6.45, 7) is 4.06. The first-order chi connectivity index (χ1) is 11.0. The fourth-order valence-corrected chi connectivity index (χ4v) is 2.39. The smallest absolute Gasteiger partial charge is 0.220 e. The van der Waals surface area contributed by atoms with Gasteiger partial charge in [-0.05, 0) is 38.5 Å². The lowest BCUT2D eigenvalue weighted by molar-refractivity contribution is -0.123. The van der Waals surface area contributed by atoms with Crippen LogP contribution in [-0.4, -0.2) is 12.5 Å². The Morgan fingerprint density at radius 1 is 1.09 bits per heavy atom. The molecule has 0 aliphatic heterocycles. The summed E-state index contributed by atoms with van der Waals surface area (Å²) in [5.74, 6) is 0.361. The molecular weight excluding hydrogens is 293 g/mol. The van der Waals surface area contributed by atoms with Crippen LogP contribution in [0.25, 0.3) is 0 Å². The van der Waals surface area contributed by atoms with Crippen LogP contribution in [-0.2, 0) is 10.3 Å². The van der Waals surface area contributed by atoms with Gasteiger partial charge in [0, 0.05) is 12.0 Å². The van der Waals surface area contributed by atoms with Crippen LogP contribution in [0, 0.1) is 5.82 Å². The number of halogens is 1. The van der Waals surface area contributed by atoms with Gasteiger partial charge in [-0.3, -0.25) is 4.79 Å². The molecular formula is C19H22FNO2. The first-order valence-corrected chi connectivity index (χ1v) is 7.73. The number of benzene rings is 2. The van der Waals surface area contributed by atoms with Gasteiger partial charge in [0.25, 0.3) is 0 Å². The predicted octanol–water partition coefficient (Wildman–Crippen LogP) is 4.04. The second kappa shape index (κ2) is 7.77. The van der Waals surface area contributed by atoms with Crippen molar-refractivity contribution in [3.05, 3.63) is 66.0 Å². The third kappa shape index (κ3) is 5.09. The van der Waals surface area contributed by atoms with Gasteiger partial charge in [-0.15, -0.1) is 0 Å². The molecule has 0 saturated heterocycles. The monoisotopic (exact) mass is 315 g/mol. The van der Waals surface area contributed by atoms with Crippen molar-refractivity contribution < 1.29 is 13.9 Å². The number of carbonyl (C=O) groups excluding carboxylic acids is 1. The molecule has 3 nitrogen and oxygen atoms in total. The molecule has 0 saturated carbocycles. The highest BCUT2D eigenvalue weighted by molar-refractivity contribution is 5.76. The molecule has 0 heterocycles. The van der Waals surface area contributed by atoms with E-state index in [4.69, 9.17) is 4.74 Å². The molecule has 0 aliphatic carbocycles. The molecule has 4 heteroatoms. The molecule has 0 unspecified atom stereocenters. The predicted molar refractivity (Wildman–Crippen MR) is 88.7 cm³/mol. The van der Waals surface area contributed by atoms with Gasteiger partial charge < -0.3 is 10.1 Å². The van der Waals surface area contributed by atoms with E-state index in [2.05, 4.69) is 5.32 Å². The van der Waals surface area contributed by atoms with Crippen molar-refractivity contribution in [2.45, 2.75) is 32.2 Å². The van der Waals surface area contributed by atoms with Gasteiger partial charge >= 0.3 is 0 Å². The van der Waals surface area contributed by atoms with Crippen LogP contribution in [0.2, 0.25) is 0 Å². The average molecular weight is 315 g/mol. The van der Waals surface area contributed by atoms with E-state index in [0.717, 1.165) is 5.75 Å². The highest BCUT2D eigenvalue weighted by atomic mass is 19.1. The Balaban J connectivity index is 1.79. The van der Waals surface area contributed by atoms with Crippen LogP contribution in [0.3, 0.4) is 0 Å². The van der Waals surface area contributed by atoms with E-state index in [0.29, 0.717) is 25.0 Å². The maximum Gasteiger partial charge on any atom is 0.220 e. The van der Waals surface area contributed by atoms with Crippen LogP contribution in [0.4, 0.5) is 4.39 Å². The van der Waals surface area contributed by atoms with E-state index in [1.165, 1.54) is 6.07 Å². The Hall–Kier alpha value is -2.36. The Kier molecular flexibility index (Phi) is 5.74. The van der Waals surface area contributed by atoms with Gasteiger partial charge in [-0.25, -0.2) is 4.39 Å². The van der Waals surface area contributed by atoms with Crippen LogP contribution in [0.5, 0.6) is 5.75 Å². The van der Waals surface area contributed by atoms with Crippen molar-refractivity contribution in [2.75, 3.05) is 6.61 Å². The first-order valence-electron chi connectivity index (χ1n) is 7.73. The number of ether oxygens (including phenoxy) is 1. The van der Waals surface area contributed by atoms with Crippen LogP contribution >= 0.6 is 0 Å². The fraction of sp³-hybridized carbons (Fsp3) is 0.316. The molecule has 0 spiro atoms. The molecule has 0 aliphatic rings. The normalized spacial score (nSPS) is 11.1. The van der Waals surface area contributed by atoms with Gasteiger partial charge in [-0.1, -0.05) is 36.4 Å². The summed E-state index contributed by atoms with van der Waals surface area (Å²) in [5, 5.41) is 2.88. The van der Waals surface area contributed by atoms with Gasteiger partial charge in [-0.2, -0.15) is 0 Å². The number of hydrogen-bond donors (Lipinski definition) is 1. The van der Waals surface area contributed by atoms with Crippen molar-refractivity contribution in [3.8, 4) is 5.75 Å². The van der Waals surface area contributed by atoms with E-state index in [9.17, 15) is 9.18 Å². The highest BCUT2D eigenvalue weighted by Crippen LogP contribution is 2.23. The standard InChI is InChI=1S/C19H22FNO2/c1-19(2,16-11-6-7-12-17(16)20)21-18(22)13-8-14-23-15-9-4-3-5-10-15/h3-7,9-12H,8,13-14H2,1-2H3,(H,21,22). The molecule has 0 radical (unpaired) electrons. The van der Waals surface area contributed by atoms with Crippen molar-refractivity contribution in [1.82, 2.24) is 5.32 Å². The van der Waals surface area contributed by atoms with Crippen molar-refractivity contribution >= 4 is 5.91 Å². The molecule has 0 aromatic heterocycles. The lowest BCUT2D eigenvalue weighted by Crippen LogP contribution is -2.41. The SMILES string of the molecule is CC(C)(NC(=O)CCCOc1ccccc1)c1ccccc1F. The highest BCUT2D eigenvalue weighted by Gasteiger charge is 2.25. The van der Waals surface area contributed by atoms with Crippen LogP contribution < -0.4 is 10.1 Å². The fourth-order valence-electron chi connectivity index (χ4n) is 2.39. The lowest BCUT2D eigenvalue weighted by Gasteiger charge is -2.27. The van der Waals surface area contributed by atoms with Gasteiger partial charge in [0.05, 0.1) is 12.1 Å². The minimum absolute atomic E-state index is 0.116. The summed E-state index contributed by atoms with van der Waals surface area (Å²) in [7, 11) is 0. The topological polar surface area (TPSA) is 38.3 Å². The summed E-state index contributed by atoms with van der Waals surface area (Å²) in [6, 6.07) is 16.0. The zero-order valence-corrected chi connectivity index (χ0v) is 13.5. The molecule has 122 valence electrons. The maximum absolute atomic E-state index is 13.9. The molecule has 0 fully saturated rings. The number of hydrogen-bond acceptors (Lipinski definition) is 2. The van der Waals surface area contributed by atoms with Gasteiger partial charge in [0.1, 0.15) is 11.6 Å². The Labute approximate surface area is 136 Å². The number of para-hydroxylation sites is 1. The molecule has 1 N–H and O–H groups in total. The largest absolute Gasteiger partial charge is 0.494 e. The molecule has 1 amide bonds. The first kappa shape index (κ1) is 17.0. The lowest BCUT2D eigenvalue weighted by atomic mass is 9.93. The van der Waals surface area contributed by atoms with Gasteiger partial charge in [0.2, 0.25) is 5.91 Å². The van der Waals surface area contributed by atoms with Crippen LogP contribution in [0.1, 0.15) is 32.3 Å². The van der Waals surface area contributed by atoms with Crippen molar-refractivity contribution in [1.29, 1.82) is 0 Å². The summed E-state index contributed by atoms with van der Waals surface area (Å²) in [4.78, 5) is 12.1. The number of carbonyl (C=O) groups is 1. The second-order valence-corrected chi connectivity index (χ2v) is 5.92. The summed E-state index contributed by atoms with van der Waals surface area (Å²) < 4.78 is 19.4. The molecule has 23 heavy (non-hydrogen) atoms. The number of amides is 1. The Bertz CT molecular complexity index is 641. The van der Waals surface area contributed by atoms with E-state index in [-0.39, 0.29) is 11.7 Å². The van der Waals surface area contributed by atoms with E-state index >= 15 is 0 Å².